The lowest BCUT2D eigenvalue weighted by molar-refractivity contribution is -0.114. The fraction of sp³-hybridized carbons (Fsp3) is 0.389. The summed E-state index contributed by atoms with van der Waals surface area (Å²) in [5.41, 5.74) is 5.36. The third kappa shape index (κ3) is 2.67. The number of carbonyl (C=O) groups is 1. The first-order chi connectivity index (χ1) is 11.2. The van der Waals surface area contributed by atoms with Crippen LogP contribution in [0.3, 0.4) is 0 Å². The summed E-state index contributed by atoms with van der Waals surface area (Å²) in [6.07, 6.45) is 4.44. The van der Waals surface area contributed by atoms with E-state index in [0.717, 1.165) is 55.2 Å². The average Bonchev–Trinajstić information content (AvgIpc) is 2.92. The topological polar surface area (TPSA) is 58.1 Å². The first-order valence-electron chi connectivity index (χ1n) is 8.23. The minimum absolute atomic E-state index is 0.0589. The van der Waals surface area contributed by atoms with Crippen molar-refractivity contribution in [3.8, 4) is 11.3 Å². The van der Waals surface area contributed by atoms with Crippen molar-refractivity contribution in [2.45, 2.75) is 32.6 Å². The Balaban J connectivity index is 1.78. The summed E-state index contributed by atoms with van der Waals surface area (Å²) in [5.74, 6) is 0.799. The summed E-state index contributed by atoms with van der Waals surface area (Å²) >= 11 is 0. The number of nitrogens with one attached hydrogen (secondary N) is 1. The summed E-state index contributed by atoms with van der Waals surface area (Å²) in [6.45, 7) is 3.62. The van der Waals surface area contributed by atoms with Gasteiger partial charge in [0.1, 0.15) is 0 Å². The van der Waals surface area contributed by atoms with Crippen molar-refractivity contribution in [2.75, 3.05) is 23.3 Å². The molecule has 1 N–H and O–H groups in total. The van der Waals surface area contributed by atoms with Gasteiger partial charge in [0.25, 0.3) is 0 Å². The number of anilines is 2. The molecule has 0 bridgehead atoms. The van der Waals surface area contributed by atoms with Gasteiger partial charge in [-0.1, -0.05) is 12.1 Å². The van der Waals surface area contributed by atoms with Crippen molar-refractivity contribution in [1.29, 1.82) is 0 Å². The van der Waals surface area contributed by atoms with E-state index in [9.17, 15) is 4.79 Å². The third-order valence-corrected chi connectivity index (χ3v) is 4.52. The fourth-order valence-corrected chi connectivity index (χ4v) is 3.26. The normalized spacial score (nSPS) is 16.0. The molecule has 1 aliphatic carbocycles. The number of benzene rings is 1. The Hall–Kier alpha value is -2.43. The molecule has 0 radical (unpaired) electrons. The number of amides is 1. The highest BCUT2D eigenvalue weighted by atomic mass is 16.1. The summed E-state index contributed by atoms with van der Waals surface area (Å²) in [7, 11) is 0. The van der Waals surface area contributed by atoms with Crippen LogP contribution in [0.25, 0.3) is 11.3 Å². The second kappa shape index (κ2) is 5.65. The zero-order valence-electron chi connectivity index (χ0n) is 13.3. The van der Waals surface area contributed by atoms with Gasteiger partial charge in [-0.15, -0.1) is 0 Å². The van der Waals surface area contributed by atoms with Crippen molar-refractivity contribution < 1.29 is 4.79 Å². The lowest BCUT2D eigenvalue weighted by Gasteiger charge is -2.31. The summed E-state index contributed by atoms with van der Waals surface area (Å²) < 4.78 is 0. The van der Waals surface area contributed by atoms with Crippen LogP contribution in [0, 0.1) is 0 Å². The molecule has 23 heavy (non-hydrogen) atoms. The SMILES string of the molecule is CC(=O)Nc1cccc(-c2nc(N3CCC3)nc3c2CCC3)c1. The average molecular weight is 308 g/mol. The molecule has 5 nitrogen and oxygen atoms in total. The maximum absolute atomic E-state index is 11.3. The van der Waals surface area contributed by atoms with Gasteiger partial charge in [0.15, 0.2) is 0 Å². The first-order valence-corrected chi connectivity index (χ1v) is 8.23. The Morgan fingerprint density at radius 1 is 1.17 bits per heavy atom. The first kappa shape index (κ1) is 14.2. The van der Waals surface area contributed by atoms with Gasteiger partial charge in [0.05, 0.1) is 5.69 Å². The molecule has 0 saturated carbocycles. The number of aryl methyl sites for hydroxylation is 1. The van der Waals surface area contributed by atoms with E-state index in [-0.39, 0.29) is 5.91 Å². The van der Waals surface area contributed by atoms with E-state index in [4.69, 9.17) is 9.97 Å². The molecule has 0 unspecified atom stereocenters. The number of nitrogens with zero attached hydrogens (tertiary/aromatic N) is 3. The summed E-state index contributed by atoms with van der Waals surface area (Å²) in [6, 6.07) is 7.93. The third-order valence-electron chi connectivity index (χ3n) is 4.52. The molecule has 0 spiro atoms. The fourth-order valence-electron chi connectivity index (χ4n) is 3.26. The molecule has 1 saturated heterocycles. The summed E-state index contributed by atoms with van der Waals surface area (Å²) in [5, 5.41) is 2.85. The molecule has 1 fully saturated rings. The molecule has 1 amide bonds. The van der Waals surface area contributed by atoms with Crippen LogP contribution < -0.4 is 10.2 Å². The predicted molar refractivity (Wildman–Crippen MR) is 90.6 cm³/mol. The molecule has 4 rings (SSSR count). The Bertz CT molecular complexity index is 768. The van der Waals surface area contributed by atoms with E-state index in [1.807, 2.05) is 18.2 Å². The zero-order chi connectivity index (χ0) is 15.8. The van der Waals surface area contributed by atoms with Crippen LogP contribution in [-0.2, 0) is 17.6 Å². The van der Waals surface area contributed by atoms with Gasteiger partial charge in [0, 0.05) is 42.5 Å². The smallest absolute Gasteiger partial charge is 0.226 e. The number of hydrogen-bond acceptors (Lipinski definition) is 4. The number of rotatable bonds is 3. The van der Waals surface area contributed by atoms with E-state index in [0.29, 0.717) is 0 Å². The Morgan fingerprint density at radius 3 is 2.78 bits per heavy atom. The van der Waals surface area contributed by atoms with Crippen molar-refractivity contribution >= 4 is 17.5 Å². The van der Waals surface area contributed by atoms with Gasteiger partial charge in [-0.25, -0.2) is 9.97 Å². The quantitative estimate of drug-likeness (QED) is 0.947. The molecule has 5 heteroatoms. The maximum atomic E-state index is 11.3. The highest BCUT2D eigenvalue weighted by Crippen LogP contribution is 2.33. The van der Waals surface area contributed by atoms with E-state index in [2.05, 4.69) is 16.3 Å². The minimum Gasteiger partial charge on any atom is -0.341 e. The van der Waals surface area contributed by atoms with Crippen LogP contribution in [0.15, 0.2) is 24.3 Å². The number of aromatic nitrogens is 2. The van der Waals surface area contributed by atoms with Crippen LogP contribution >= 0.6 is 0 Å². The second-order valence-electron chi connectivity index (χ2n) is 6.25. The molecule has 2 aliphatic rings. The standard InChI is InChI=1S/C18H20N4O/c1-12(23)19-14-6-2-5-13(11-14)17-15-7-3-8-16(15)20-18(21-17)22-9-4-10-22/h2,5-6,11H,3-4,7-10H2,1H3,(H,19,23). The lowest BCUT2D eigenvalue weighted by atomic mass is 10.0. The maximum Gasteiger partial charge on any atom is 0.226 e. The van der Waals surface area contributed by atoms with E-state index >= 15 is 0 Å². The van der Waals surface area contributed by atoms with E-state index < -0.39 is 0 Å². The van der Waals surface area contributed by atoms with Crippen LogP contribution in [-0.4, -0.2) is 29.0 Å². The molecule has 118 valence electrons. The minimum atomic E-state index is -0.0589. The highest BCUT2D eigenvalue weighted by molar-refractivity contribution is 5.89. The Kier molecular flexibility index (Phi) is 3.48. The van der Waals surface area contributed by atoms with Crippen LogP contribution in [0.4, 0.5) is 11.6 Å². The van der Waals surface area contributed by atoms with Gasteiger partial charge in [-0.2, -0.15) is 0 Å². The molecule has 2 heterocycles. The van der Waals surface area contributed by atoms with Gasteiger partial charge in [-0.3, -0.25) is 4.79 Å². The van der Waals surface area contributed by atoms with Gasteiger partial charge in [-0.05, 0) is 37.8 Å². The molecular weight excluding hydrogens is 288 g/mol. The van der Waals surface area contributed by atoms with Gasteiger partial charge in [0.2, 0.25) is 11.9 Å². The lowest BCUT2D eigenvalue weighted by Crippen LogP contribution is -2.38. The number of fused-ring (bicyclic) bond motifs is 1. The van der Waals surface area contributed by atoms with Crippen LogP contribution in [0.5, 0.6) is 0 Å². The Morgan fingerprint density at radius 2 is 2.04 bits per heavy atom. The van der Waals surface area contributed by atoms with Crippen LogP contribution in [0.2, 0.25) is 0 Å². The molecule has 0 atom stereocenters. The number of carbonyl (C=O) groups excluding carboxylic acids is 1. The molecular formula is C18H20N4O. The molecule has 1 aromatic heterocycles. The van der Waals surface area contributed by atoms with E-state index in [1.165, 1.54) is 24.6 Å². The molecule has 1 aromatic carbocycles. The molecule has 2 aromatic rings. The van der Waals surface area contributed by atoms with Crippen molar-refractivity contribution in [1.82, 2.24) is 9.97 Å². The molecule has 1 aliphatic heterocycles. The van der Waals surface area contributed by atoms with Gasteiger partial charge < -0.3 is 10.2 Å². The van der Waals surface area contributed by atoms with Gasteiger partial charge >= 0.3 is 0 Å². The number of hydrogen-bond donors (Lipinski definition) is 1. The van der Waals surface area contributed by atoms with Crippen LogP contribution in [0.1, 0.15) is 31.0 Å². The van der Waals surface area contributed by atoms with Crippen molar-refractivity contribution in [2.24, 2.45) is 0 Å². The van der Waals surface area contributed by atoms with Crippen molar-refractivity contribution in [3.63, 3.8) is 0 Å². The summed E-state index contributed by atoms with van der Waals surface area (Å²) in [4.78, 5) is 23.2. The zero-order valence-corrected chi connectivity index (χ0v) is 13.3. The van der Waals surface area contributed by atoms with Crippen molar-refractivity contribution in [3.05, 3.63) is 35.5 Å². The largest absolute Gasteiger partial charge is 0.341 e. The second-order valence-corrected chi connectivity index (χ2v) is 6.25. The monoisotopic (exact) mass is 308 g/mol. The predicted octanol–water partition coefficient (Wildman–Crippen LogP) is 2.80. The van der Waals surface area contributed by atoms with E-state index in [1.54, 1.807) is 0 Å². The highest BCUT2D eigenvalue weighted by Gasteiger charge is 2.24. The Labute approximate surface area is 135 Å².